The molecule has 0 radical (unpaired) electrons. The second-order valence-corrected chi connectivity index (χ2v) is 5.93. The molecule has 5 nitrogen and oxygen atoms in total. The van der Waals surface area contributed by atoms with E-state index in [-0.39, 0.29) is 24.5 Å². The fourth-order valence-corrected chi connectivity index (χ4v) is 3.20. The molecular formula is C17H22N2O3. The Hall–Kier alpha value is -1.88. The number of rotatable bonds is 4. The van der Waals surface area contributed by atoms with E-state index < -0.39 is 6.04 Å². The Morgan fingerprint density at radius 3 is 2.73 bits per heavy atom. The fraction of sp³-hybridized carbons (Fsp3) is 0.529. The van der Waals surface area contributed by atoms with Gasteiger partial charge in [0, 0.05) is 6.54 Å². The van der Waals surface area contributed by atoms with Crippen LogP contribution in [-0.4, -0.2) is 41.9 Å². The summed E-state index contributed by atoms with van der Waals surface area (Å²) in [6, 6.07) is 9.07. The van der Waals surface area contributed by atoms with Crippen molar-refractivity contribution in [3.05, 3.63) is 35.9 Å². The number of esters is 1. The molecule has 2 aliphatic heterocycles. The van der Waals surface area contributed by atoms with Crippen LogP contribution in [-0.2, 0) is 20.9 Å². The van der Waals surface area contributed by atoms with Gasteiger partial charge in [-0.05, 0) is 37.8 Å². The Kier molecular flexibility index (Phi) is 4.73. The molecule has 1 amide bonds. The second-order valence-electron chi connectivity index (χ2n) is 5.93. The van der Waals surface area contributed by atoms with Gasteiger partial charge in [-0.2, -0.15) is 0 Å². The molecule has 0 saturated carbocycles. The van der Waals surface area contributed by atoms with Crippen molar-refractivity contribution in [2.75, 3.05) is 13.1 Å². The highest BCUT2D eigenvalue weighted by molar-refractivity contribution is 5.88. The Labute approximate surface area is 130 Å². The number of nitrogens with zero attached hydrogens (tertiary/aromatic N) is 1. The van der Waals surface area contributed by atoms with Crippen molar-refractivity contribution in [1.82, 2.24) is 10.2 Å². The number of likely N-dealkylation sites (tertiary alicyclic amines) is 1. The van der Waals surface area contributed by atoms with E-state index in [0.29, 0.717) is 13.0 Å². The first-order valence-corrected chi connectivity index (χ1v) is 8.00. The molecule has 1 aromatic rings. The SMILES string of the molecule is O=C(OCc1ccccc1)[C@@H]1CCCN1C(=O)[C@H]1CCCN1. The van der Waals surface area contributed by atoms with Crippen molar-refractivity contribution < 1.29 is 14.3 Å². The van der Waals surface area contributed by atoms with Crippen LogP contribution in [0.15, 0.2) is 30.3 Å². The maximum atomic E-state index is 12.5. The summed E-state index contributed by atoms with van der Waals surface area (Å²) in [6.07, 6.45) is 3.45. The predicted octanol–water partition coefficient (Wildman–Crippen LogP) is 1.47. The predicted molar refractivity (Wildman–Crippen MR) is 82.0 cm³/mol. The third-order valence-electron chi connectivity index (χ3n) is 4.39. The zero-order valence-corrected chi connectivity index (χ0v) is 12.7. The van der Waals surface area contributed by atoms with E-state index >= 15 is 0 Å². The van der Waals surface area contributed by atoms with E-state index in [1.165, 1.54) is 0 Å². The molecule has 3 rings (SSSR count). The molecule has 1 aromatic carbocycles. The summed E-state index contributed by atoms with van der Waals surface area (Å²) < 4.78 is 5.40. The van der Waals surface area contributed by atoms with Gasteiger partial charge in [0.2, 0.25) is 5.91 Å². The molecule has 2 heterocycles. The van der Waals surface area contributed by atoms with Gasteiger partial charge in [-0.15, -0.1) is 0 Å². The van der Waals surface area contributed by atoms with Crippen molar-refractivity contribution in [1.29, 1.82) is 0 Å². The van der Waals surface area contributed by atoms with Gasteiger partial charge in [-0.25, -0.2) is 4.79 Å². The minimum atomic E-state index is -0.418. The van der Waals surface area contributed by atoms with Crippen molar-refractivity contribution in [2.24, 2.45) is 0 Å². The highest BCUT2D eigenvalue weighted by atomic mass is 16.5. The summed E-state index contributed by atoms with van der Waals surface area (Å²) >= 11 is 0. The molecule has 2 aliphatic rings. The lowest BCUT2D eigenvalue weighted by Gasteiger charge is -2.26. The molecule has 2 fully saturated rings. The quantitative estimate of drug-likeness (QED) is 0.856. The lowest BCUT2D eigenvalue weighted by atomic mass is 10.1. The lowest BCUT2D eigenvalue weighted by molar-refractivity contribution is -0.155. The zero-order valence-electron chi connectivity index (χ0n) is 12.7. The van der Waals surface area contributed by atoms with E-state index in [1.54, 1.807) is 4.90 Å². The summed E-state index contributed by atoms with van der Waals surface area (Å²) in [4.78, 5) is 26.5. The van der Waals surface area contributed by atoms with Gasteiger partial charge in [-0.1, -0.05) is 30.3 Å². The maximum absolute atomic E-state index is 12.5. The fourth-order valence-electron chi connectivity index (χ4n) is 3.20. The van der Waals surface area contributed by atoms with Crippen molar-refractivity contribution >= 4 is 11.9 Å². The minimum Gasteiger partial charge on any atom is -0.459 e. The second kappa shape index (κ2) is 6.92. The molecule has 0 aromatic heterocycles. The maximum Gasteiger partial charge on any atom is 0.329 e. The first-order chi connectivity index (χ1) is 10.8. The number of amides is 1. The summed E-state index contributed by atoms with van der Waals surface area (Å²) in [5, 5.41) is 3.21. The molecule has 0 bridgehead atoms. The highest BCUT2D eigenvalue weighted by Gasteiger charge is 2.38. The molecule has 2 saturated heterocycles. The normalized spacial score (nSPS) is 24.5. The minimum absolute atomic E-state index is 0.0525. The molecule has 2 atom stereocenters. The number of benzene rings is 1. The van der Waals surface area contributed by atoms with E-state index in [2.05, 4.69) is 5.32 Å². The Morgan fingerprint density at radius 2 is 2.00 bits per heavy atom. The topological polar surface area (TPSA) is 58.6 Å². The van der Waals surface area contributed by atoms with Gasteiger partial charge in [0.05, 0.1) is 6.04 Å². The van der Waals surface area contributed by atoms with Crippen molar-refractivity contribution in [2.45, 2.75) is 44.4 Å². The standard InChI is InChI=1S/C17H22N2O3/c20-16(14-8-4-10-18-14)19-11-5-9-15(19)17(21)22-12-13-6-2-1-3-7-13/h1-3,6-7,14-15,18H,4-5,8-12H2/t14-,15+/m1/s1. The molecule has 0 aliphatic carbocycles. The molecule has 0 unspecified atom stereocenters. The van der Waals surface area contributed by atoms with Crippen LogP contribution in [0, 0.1) is 0 Å². The molecule has 0 spiro atoms. The molecule has 1 N–H and O–H groups in total. The van der Waals surface area contributed by atoms with Gasteiger partial charge < -0.3 is 15.0 Å². The number of hydrogen-bond donors (Lipinski definition) is 1. The molecule has 118 valence electrons. The molecular weight excluding hydrogens is 280 g/mol. The summed E-state index contributed by atoms with van der Waals surface area (Å²) in [7, 11) is 0. The number of nitrogens with one attached hydrogen (secondary N) is 1. The van der Waals surface area contributed by atoms with Crippen LogP contribution >= 0.6 is 0 Å². The summed E-state index contributed by atoms with van der Waals surface area (Å²) in [5.41, 5.74) is 0.962. The third-order valence-corrected chi connectivity index (χ3v) is 4.39. The zero-order chi connectivity index (χ0) is 15.4. The van der Waals surface area contributed by atoms with Gasteiger partial charge in [0.1, 0.15) is 12.6 Å². The largest absolute Gasteiger partial charge is 0.459 e. The van der Waals surface area contributed by atoms with Crippen LogP contribution in [0.1, 0.15) is 31.2 Å². The van der Waals surface area contributed by atoms with Crippen LogP contribution in [0.4, 0.5) is 0 Å². The number of hydrogen-bond acceptors (Lipinski definition) is 4. The van der Waals surface area contributed by atoms with Crippen LogP contribution in [0.25, 0.3) is 0 Å². The van der Waals surface area contributed by atoms with Gasteiger partial charge in [0.25, 0.3) is 0 Å². The number of carbonyl (C=O) groups is 2. The molecule has 5 heteroatoms. The Balaban J connectivity index is 1.57. The summed E-state index contributed by atoms with van der Waals surface area (Å²) in [5.74, 6) is -0.232. The number of carbonyl (C=O) groups excluding carboxylic acids is 2. The van der Waals surface area contributed by atoms with E-state index in [1.807, 2.05) is 30.3 Å². The Bertz CT molecular complexity index is 526. The van der Waals surface area contributed by atoms with E-state index in [9.17, 15) is 9.59 Å². The van der Waals surface area contributed by atoms with Crippen LogP contribution in [0.3, 0.4) is 0 Å². The van der Waals surface area contributed by atoms with Crippen LogP contribution in [0.5, 0.6) is 0 Å². The Morgan fingerprint density at radius 1 is 1.18 bits per heavy atom. The third kappa shape index (κ3) is 3.30. The van der Waals surface area contributed by atoms with E-state index in [0.717, 1.165) is 31.4 Å². The van der Waals surface area contributed by atoms with Gasteiger partial charge in [-0.3, -0.25) is 4.79 Å². The average molecular weight is 302 g/mol. The van der Waals surface area contributed by atoms with Crippen LogP contribution in [0.2, 0.25) is 0 Å². The van der Waals surface area contributed by atoms with Crippen LogP contribution < -0.4 is 5.32 Å². The molecule has 22 heavy (non-hydrogen) atoms. The lowest BCUT2D eigenvalue weighted by Crippen LogP contribution is -2.48. The first-order valence-electron chi connectivity index (χ1n) is 8.00. The number of ether oxygens (including phenoxy) is 1. The highest BCUT2D eigenvalue weighted by Crippen LogP contribution is 2.22. The van der Waals surface area contributed by atoms with E-state index in [4.69, 9.17) is 4.74 Å². The first kappa shape index (κ1) is 15.0. The van der Waals surface area contributed by atoms with Crippen molar-refractivity contribution in [3.8, 4) is 0 Å². The summed E-state index contributed by atoms with van der Waals surface area (Å²) in [6.45, 7) is 1.80. The van der Waals surface area contributed by atoms with Gasteiger partial charge in [0.15, 0.2) is 0 Å². The van der Waals surface area contributed by atoms with Crippen molar-refractivity contribution in [3.63, 3.8) is 0 Å². The monoisotopic (exact) mass is 302 g/mol. The average Bonchev–Trinajstić information content (AvgIpc) is 3.24. The van der Waals surface area contributed by atoms with Gasteiger partial charge >= 0.3 is 5.97 Å². The smallest absolute Gasteiger partial charge is 0.329 e.